The standard InChI is InChI=1S/C10H9NO7S2/c11-5-1-2-6-7(3-5)10(20(16,17)18)9(4-8(6)12)19(13,14)15/h1-4,12H,11H2,(H,13,14,15)(H,16,17,18). The molecular formula is C10H9NO7S2. The molecule has 0 fully saturated rings. The van der Waals surface area contributed by atoms with Crippen LogP contribution in [0.25, 0.3) is 10.8 Å². The summed E-state index contributed by atoms with van der Waals surface area (Å²) in [4.78, 5) is -2.17. The van der Waals surface area contributed by atoms with Gasteiger partial charge in [-0.05, 0) is 18.2 Å². The topological polar surface area (TPSA) is 155 Å². The Morgan fingerprint density at radius 3 is 2.00 bits per heavy atom. The molecule has 10 heteroatoms. The molecular weight excluding hydrogens is 310 g/mol. The van der Waals surface area contributed by atoms with E-state index in [1.807, 2.05) is 0 Å². The fourth-order valence-corrected chi connectivity index (χ4v) is 3.83. The number of hydrogen-bond donors (Lipinski definition) is 4. The van der Waals surface area contributed by atoms with Crippen molar-refractivity contribution in [2.75, 3.05) is 5.73 Å². The van der Waals surface area contributed by atoms with Crippen LogP contribution in [0.15, 0.2) is 34.1 Å². The highest BCUT2D eigenvalue weighted by molar-refractivity contribution is 7.89. The van der Waals surface area contributed by atoms with Crippen LogP contribution in [0.4, 0.5) is 5.69 Å². The Morgan fingerprint density at radius 1 is 0.900 bits per heavy atom. The van der Waals surface area contributed by atoms with Crippen LogP contribution < -0.4 is 5.73 Å². The maximum atomic E-state index is 11.4. The number of nitrogens with two attached hydrogens (primary N) is 1. The number of nitrogen functional groups attached to an aromatic ring is 1. The second-order valence-electron chi connectivity index (χ2n) is 3.98. The van der Waals surface area contributed by atoms with Crippen molar-refractivity contribution in [1.29, 1.82) is 0 Å². The van der Waals surface area contributed by atoms with Crippen molar-refractivity contribution in [3.8, 4) is 5.75 Å². The number of anilines is 1. The van der Waals surface area contributed by atoms with Crippen LogP contribution in [-0.2, 0) is 20.2 Å². The molecule has 108 valence electrons. The van der Waals surface area contributed by atoms with Crippen molar-refractivity contribution in [3.63, 3.8) is 0 Å². The van der Waals surface area contributed by atoms with E-state index in [0.717, 1.165) is 6.07 Å². The van der Waals surface area contributed by atoms with Gasteiger partial charge in [0.25, 0.3) is 20.2 Å². The summed E-state index contributed by atoms with van der Waals surface area (Å²) in [6.45, 7) is 0. The number of aromatic hydroxyl groups is 1. The van der Waals surface area contributed by atoms with Gasteiger partial charge in [0, 0.05) is 22.5 Å². The lowest BCUT2D eigenvalue weighted by atomic mass is 10.1. The van der Waals surface area contributed by atoms with Gasteiger partial charge in [-0.1, -0.05) is 0 Å². The Labute approximate surface area is 114 Å². The van der Waals surface area contributed by atoms with Crippen LogP contribution in [0.5, 0.6) is 5.75 Å². The molecule has 0 spiro atoms. The molecule has 0 heterocycles. The van der Waals surface area contributed by atoms with Gasteiger partial charge < -0.3 is 10.8 Å². The summed E-state index contributed by atoms with van der Waals surface area (Å²) in [5.74, 6) is -0.583. The van der Waals surface area contributed by atoms with Gasteiger partial charge in [0.1, 0.15) is 15.5 Å². The number of rotatable bonds is 2. The Kier molecular flexibility index (Phi) is 3.13. The summed E-state index contributed by atoms with van der Waals surface area (Å²) in [7, 11) is -9.97. The van der Waals surface area contributed by atoms with Gasteiger partial charge in [-0.25, -0.2) is 0 Å². The summed E-state index contributed by atoms with van der Waals surface area (Å²) >= 11 is 0. The van der Waals surface area contributed by atoms with E-state index in [2.05, 4.69) is 0 Å². The average Bonchev–Trinajstić information content (AvgIpc) is 2.24. The van der Waals surface area contributed by atoms with Gasteiger partial charge in [0.15, 0.2) is 0 Å². The average molecular weight is 319 g/mol. The van der Waals surface area contributed by atoms with Crippen LogP contribution in [-0.4, -0.2) is 31.0 Å². The van der Waals surface area contributed by atoms with Crippen molar-refractivity contribution >= 4 is 36.7 Å². The van der Waals surface area contributed by atoms with Crippen LogP contribution in [0, 0.1) is 0 Å². The third kappa shape index (κ3) is 2.41. The monoisotopic (exact) mass is 319 g/mol. The zero-order valence-corrected chi connectivity index (χ0v) is 11.3. The Hall–Kier alpha value is -1.88. The fraction of sp³-hybridized carbons (Fsp3) is 0. The first kappa shape index (κ1) is 14.5. The Bertz CT molecular complexity index is 916. The van der Waals surface area contributed by atoms with Gasteiger partial charge in [-0.2, -0.15) is 16.8 Å². The van der Waals surface area contributed by atoms with Gasteiger partial charge in [0.2, 0.25) is 0 Å². The third-order valence-corrected chi connectivity index (χ3v) is 4.55. The lowest BCUT2D eigenvalue weighted by Crippen LogP contribution is -2.09. The highest BCUT2D eigenvalue weighted by Crippen LogP contribution is 2.36. The molecule has 5 N–H and O–H groups in total. The molecule has 0 saturated carbocycles. The molecule has 0 aliphatic carbocycles. The van der Waals surface area contributed by atoms with Crippen molar-refractivity contribution in [2.45, 2.75) is 9.79 Å². The number of phenols is 1. The fourth-order valence-electron chi connectivity index (χ4n) is 1.83. The summed E-state index contributed by atoms with van der Waals surface area (Å²) in [5.41, 5.74) is 5.55. The largest absolute Gasteiger partial charge is 0.507 e. The quantitative estimate of drug-likeness (QED) is 0.463. The minimum Gasteiger partial charge on any atom is -0.507 e. The Balaban J connectivity index is 3.18. The van der Waals surface area contributed by atoms with Crippen LogP contribution in [0.3, 0.4) is 0 Å². The highest BCUT2D eigenvalue weighted by Gasteiger charge is 2.28. The number of phenolic OH excluding ortho intramolecular Hbond substituents is 1. The molecule has 20 heavy (non-hydrogen) atoms. The molecule has 0 unspecified atom stereocenters. The molecule has 0 atom stereocenters. The van der Waals surface area contributed by atoms with Gasteiger partial charge >= 0.3 is 0 Å². The van der Waals surface area contributed by atoms with Crippen molar-refractivity contribution < 1.29 is 31.0 Å². The first-order valence-corrected chi connectivity index (χ1v) is 7.90. The number of hydrogen-bond acceptors (Lipinski definition) is 6. The van der Waals surface area contributed by atoms with E-state index in [1.54, 1.807) is 0 Å². The first-order valence-electron chi connectivity index (χ1n) is 5.02. The predicted octanol–water partition coefficient (Wildman–Crippen LogP) is 0.621. The summed E-state index contributed by atoms with van der Waals surface area (Å²) in [5, 5.41) is 9.34. The lowest BCUT2D eigenvalue weighted by Gasteiger charge is -2.11. The van der Waals surface area contributed by atoms with E-state index < -0.39 is 35.8 Å². The maximum absolute atomic E-state index is 11.4. The summed E-state index contributed by atoms with van der Waals surface area (Å²) in [6, 6.07) is 4.20. The third-order valence-electron chi connectivity index (χ3n) is 2.59. The lowest BCUT2D eigenvalue weighted by molar-refractivity contribution is 0.460. The molecule has 8 nitrogen and oxygen atoms in total. The van der Waals surface area contributed by atoms with Crippen molar-refractivity contribution in [1.82, 2.24) is 0 Å². The zero-order chi connectivity index (χ0) is 15.3. The van der Waals surface area contributed by atoms with Gasteiger partial charge in [0.05, 0.1) is 0 Å². The normalized spacial score (nSPS) is 12.7. The van der Waals surface area contributed by atoms with E-state index in [9.17, 15) is 26.5 Å². The molecule has 0 amide bonds. The summed E-state index contributed by atoms with van der Waals surface area (Å²) in [6.07, 6.45) is 0. The SMILES string of the molecule is Nc1ccc2c(O)cc(S(=O)(=O)O)c(S(=O)(=O)O)c2c1. The van der Waals surface area contributed by atoms with E-state index in [-0.39, 0.29) is 16.5 Å². The molecule has 0 aliphatic rings. The van der Waals surface area contributed by atoms with E-state index >= 15 is 0 Å². The smallest absolute Gasteiger partial charge is 0.296 e. The zero-order valence-electron chi connectivity index (χ0n) is 9.68. The molecule has 0 aromatic heterocycles. The summed E-state index contributed by atoms with van der Waals surface area (Å²) < 4.78 is 63.5. The minimum absolute atomic E-state index is 0.0424. The molecule has 0 saturated heterocycles. The van der Waals surface area contributed by atoms with Crippen LogP contribution >= 0.6 is 0 Å². The van der Waals surface area contributed by atoms with Crippen molar-refractivity contribution in [3.05, 3.63) is 24.3 Å². The Morgan fingerprint density at radius 2 is 1.50 bits per heavy atom. The maximum Gasteiger partial charge on any atom is 0.296 e. The molecule has 2 aromatic rings. The van der Waals surface area contributed by atoms with E-state index in [1.165, 1.54) is 12.1 Å². The predicted molar refractivity (Wildman–Crippen MR) is 69.7 cm³/mol. The van der Waals surface area contributed by atoms with Crippen LogP contribution in [0.2, 0.25) is 0 Å². The second-order valence-corrected chi connectivity index (χ2v) is 6.73. The van der Waals surface area contributed by atoms with Gasteiger partial charge in [-0.3, -0.25) is 9.11 Å². The molecule has 0 radical (unpaired) electrons. The minimum atomic E-state index is -4.98. The molecule has 2 aromatic carbocycles. The van der Waals surface area contributed by atoms with E-state index in [0.29, 0.717) is 6.07 Å². The van der Waals surface area contributed by atoms with Crippen molar-refractivity contribution in [2.24, 2.45) is 0 Å². The first-order chi connectivity index (χ1) is 9.01. The van der Waals surface area contributed by atoms with Crippen LogP contribution in [0.1, 0.15) is 0 Å². The highest BCUT2D eigenvalue weighted by atomic mass is 32.2. The molecule has 2 rings (SSSR count). The molecule has 0 aliphatic heterocycles. The second kappa shape index (κ2) is 4.31. The number of fused-ring (bicyclic) bond motifs is 1. The van der Waals surface area contributed by atoms with E-state index in [4.69, 9.17) is 10.3 Å². The number of benzene rings is 2. The molecule has 0 bridgehead atoms. The van der Waals surface area contributed by atoms with Gasteiger partial charge in [-0.15, -0.1) is 0 Å².